The number of halogens is 1. The summed E-state index contributed by atoms with van der Waals surface area (Å²) in [5.41, 5.74) is 0.919. The number of benzene rings is 1. The minimum atomic E-state index is -2.94. The number of ether oxygens (including phenoxy) is 2. The topological polar surface area (TPSA) is 64.6 Å². The molecular formula is C14H20ClNO4S. The third-order valence-corrected chi connectivity index (χ3v) is 5.28. The fraction of sp³-hybridized carbons (Fsp3) is 0.571. The Morgan fingerprint density at radius 2 is 2.24 bits per heavy atom. The smallest absolute Gasteiger partial charge is 0.154 e. The highest BCUT2D eigenvalue weighted by molar-refractivity contribution is 7.91. The lowest BCUT2D eigenvalue weighted by Crippen LogP contribution is -2.21. The van der Waals surface area contributed by atoms with Gasteiger partial charge in [0.05, 0.1) is 18.1 Å². The summed E-state index contributed by atoms with van der Waals surface area (Å²) >= 11 is 6.01. The molecule has 5 nitrogen and oxygen atoms in total. The highest BCUT2D eigenvalue weighted by Gasteiger charge is 2.29. The molecule has 2 rings (SSSR count). The van der Waals surface area contributed by atoms with Crippen molar-refractivity contribution in [2.45, 2.75) is 19.1 Å². The average Bonchev–Trinajstić information content (AvgIpc) is 2.77. The highest BCUT2D eigenvalue weighted by atomic mass is 35.5. The number of methoxy groups -OCH3 is 1. The van der Waals surface area contributed by atoms with Crippen LogP contribution in [0, 0.1) is 0 Å². The molecule has 1 aliphatic heterocycles. The van der Waals surface area contributed by atoms with Gasteiger partial charge in [-0.1, -0.05) is 11.6 Å². The maximum Gasteiger partial charge on any atom is 0.154 e. The van der Waals surface area contributed by atoms with Crippen LogP contribution in [-0.4, -0.2) is 46.3 Å². The molecule has 1 aliphatic rings. The molecule has 1 fully saturated rings. The molecule has 0 aromatic heterocycles. The minimum absolute atomic E-state index is 0.0895. The molecule has 0 radical (unpaired) electrons. The second-order valence-corrected chi connectivity index (χ2v) is 7.73. The molecule has 0 spiro atoms. The predicted octanol–water partition coefficient (Wildman–Crippen LogP) is 1.64. The molecular weight excluding hydrogens is 314 g/mol. The summed E-state index contributed by atoms with van der Waals surface area (Å²) in [5.74, 6) is 0.977. The molecule has 21 heavy (non-hydrogen) atoms. The first-order valence-electron chi connectivity index (χ1n) is 6.85. The van der Waals surface area contributed by atoms with E-state index < -0.39 is 9.84 Å². The number of hydrogen-bond donors (Lipinski definition) is 1. The van der Waals surface area contributed by atoms with E-state index >= 15 is 0 Å². The molecule has 118 valence electrons. The monoisotopic (exact) mass is 333 g/mol. The third-order valence-electron chi connectivity index (χ3n) is 3.31. The van der Waals surface area contributed by atoms with Crippen LogP contribution in [-0.2, 0) is 21.1 Å². The maximum atomic E-state index is 11.5. The van der Waals surface area contributed by atoms with Gasteiger partial charge in [-0.2, -0.15) is 0 Å². The molecule has 1 heterocycles. The summed E-state index contributed by atoms with van der Waals surface area (Å²) in [6.45, 7) is 1.94. The zero-order valence-electron chi connectivity index (χ0n) is 12.0. The molecule has 1 N–H and O–H groups in total. The van der Waals surface area contributed by atoms with Crippen LogP contribution >= 0.6 is 11.6 Å². The molecule has 1 aromatic rings. The number of nitrogens with one attached hydrogen (secondary N) is 1. The average molecular weight is 334 g/mol. The van der Waals surface area contributed by atoms with Gasteiger partial charge in [0.2, 0.25) is 0 Å². The molecule has 1 atom stereocenters. The van der Waals surface area contributed by atoms with E-state index in [1.54, 1.807) is 19.2 Å². The van der Waals surface area contributed by atoms with E-state index in [2.05, 4.69) is 5.32 Å². The SMILES string of the molecule is COCCNCc1cc(Cl)ccc1OC1CCS(=O)(=O)C1. The first kappa shape index (κ1) is 16.5. The zero-order valence-corrected chi connectivity index (χ0v) is 13.5. The van der Waals surface area contributed by atoms with Crippen molar-refractivity contribution in [1.82, 2.24) is 5.32 Å². The van der Waals surface area contributed by atoms with E-state index in [1.165, 1.54) is 0 Å². The van der Waals surface area contributed by atoms with Gasteiger partial charge in [-0.25, -0.2) is 8.42 Å². The Hall–Kier alpha value is -0.820. The maximum absolute atomic E-state index is 11.5. The molecule has 7 heteroatoms. The van der Waals surface area contributed by atoms with Crippen LogP contribution in [0.15, 0.2) is 18.2 Å². The van der Waals surface area contributed by atoms with Gasteiger partial charge in [-0.05, 0) is 24.6 Å². The Balaban J connectivity index is 2.01. The summed E-state index contributed by atoms with van der Waals surface area (Å²) in [7, 11) is -1.30. The van der Waals surface area contributed by atoms with Crippen molar-refractivity contribution in [3.63, 3.8) is 0 Å². The summed E-state index contributed by atoms with van der Waals surface area (Å²) in [6.07, 6.45) is 0.274. The van der Waals surface area contributed by atoms with Crippen molar-refractivity contribution in [2.75, 3.05) is 31.8 Å². The van der Waals surface area contributed by atoms with Crippen molar-refractivity contribution in [2.24, 2.45) is 0 Å². The van der Waals surface area contributed by atoms with Crippen molar-refractivity contribution < 1.29 is 17.9 Å². The van der Waals surface area contributed by atoms with Gasteiger partial charge in [-0.3, -0.25) is 0 Å². The fourth-order valence-corrected chi connectivity index (χ4v) is 4.02. The van der Waals surface area contributed by atoms with E-state index in [-0.39, 0.29) is 17.6 Å². The number of sulfone groups is 1. The second-order valence-electron chi connectivity index (χ2n) is 5.06. The highest BCUT2D eigenvalue weighted by Crippen LogP contribution is 2.26. The summed E-state index contributed by atoms with van der Waals surface area (Å²) in [5, 5.41) is 3.86. The Kier molecular flexibility index (Phi) is 5.87. The standard InChI is InChI=1S/C14H20ClNO4S/c1-19-6-5-16-9-11-8-12(15)2-3-14(11)20-13-4-7-21(17,18)10-13/h2-3,8,13,16H,4-7,9-10H2,1H3. The molecule has 1 saturated heterocycles. The largest absolute Gasteiger partial charge is 0.489 e. The van der Waals surface area contributed by atoms with E-state index in [1.807, 2.05) is 6.07 Å². The van der Waals surface area contributed by atoms with Crippen LogP contribution in [0.3, 0.4) is 0 Å². The van der Waals surface area contributed by atoms with Crippen LogP contribution in [0.4, 0.5) is 0 Å². The first-order valence-corrected chi connectivity index (χ1v) is 9.05. The van der Waals surface area contributed by atoms with Crippen molar-refractivity contribution in [3.8, 4) is 5.75 Å². The summed E-state index contributed by atoms with van der Waals surface area (Å²) in [6, 6.07) is 5.37. The number of hydrogen-bond acceptors (Lipinski definition) is 5. The first-order chi connectivity index (χ1) is 10.00. The Bertz CT molecular complexity index is 576. The van der Waals surface area contributed by atoms with Crippen LogP contribution in [0.1, 0.15) is 12.0 Å². The van der Waals surface area contributed by atoms with Gasteiger partial charge in [0.15, 0.2) is 9.84 Å². The predicted molar refractivity (Wildman–Crippen MR) is 82.7 cm³/mol. The van der Waals surface area contributed by atoms with Gasteiger partial charge < -0.3 is 14.8 Å². The van der Waals surface area contributed by atoms with Crippen molar-refractivity contribution in [1.29, 1.82) is 0 Å². The lowest BCUT2D eigenvalue weighted by atomic mass is 10.2. The Labute approximate surface area is 130 Å². The molecule has 0 aliphatic carbocycles. The van der Waals surface area contributed by atoms with Crippen molar-refractivity contribution >= 4 is 21.4 Å². The number of rotatable bonds is 7. The normalized spacial score (nSPS) is 20.6. The van der Waals surface area contributed by atoms with Crippen LogP contribution < -0.4 is 10.1 Å². The summed E-state index contributed by atoms with van der Waals surface area (Å²) < 4.78 is 33.8. The van der Waals surface area contributed by atoms with Gasteiger partial charge >= 0.3 is 0 Å². The van der Waals surface area contributed by atoms with Gasteiger partial charge in [0.1, 0.15) is 11.9 Å². The molecule has 0 amide bonds. The van der Waals surface area contributed by atoms with Crippen molar-refractivity contribution in [3.05, 3.63) is 28.8 Å². The van der Waals surface area contributed by atoms with Crippen LogP contribution in [0.5, 0.6) is 5.75 Å². The Morgan fingerprint density at radius 1 is 1.43 bits per heavy atom. The van der Waals surface area contributed by atoms with E-state index in [0.717, 1.165) is 12.1 Å². The molecule has 0 saturated carbocycles. The van der Waals surface area contributed by atoms with Gasteiger partial charge in [-0.15, -0.1) is 0 Å². The zero-order chi connectivity index (χ0) is 15.3. The quantitative estimate of drug-likeness (QED) is 0.768. The lowest BCUT2D eigenvalue weighted by molar-refractivity contribution is 0.198. The molecule has 1 unspecified atom stereocenters. The Morgan fingerprint density at radius 3 is 2.90 bits per heavy atom. The second kappa shape index (κ2) is 7.45. The minimum Gasteiger partial charge on any atom is -0.489 e. The van der Waals surface area contributed by atoms with E-state index in [4.69, 9.17) is 21.1 Å². The van der Waals surface area contributed by atoms with Crippen LogP contribution in [0.2, 0.25) is 5.02 Å². The summed E-state index contributed by atoms with van der Waals surface area (Å²) in [4.78, 5) is 0. The molecule has 1 aromatic carbocycles. The molecule has 0 bridgehead atoms. The van der Waals surface area contributed by atoms with E-state index in [9.17, 15) is 8.42 Å². The fourth-order valence-electron chi connectivity index (χ4n) is 2.23. The van der Waals surface area contributed by atoms with Gasteiger partial charge in [0.25, 0.3) is 0 Å². The third kappa shape index (κ3) is 5.14. The van der Waals surface area contributed by atoms with Crippen LogP contribution in [0.25, 0.3) is 0 Å². The van der Waals surface area contributed by atoms with E-state index in [0.29, 0.717) is 30.3 Å². The lowest BCUT2D eigenvalue weighted by Gasteiger charge is -2.16. The van der Waals surface area contributed by atoms with Gasteiger partial charge in [0, 0.05) is 30.8 Å².